The van der Waals surface area contributed by atoms with Crippen LogP contribution in [0, 0.1) is 13.8 Å². The molecule has 0 spiro atoms. The fourth-order valence-electron chi connectivity index (χ4n) is 2.58. The highest BCUT2D eigenvalue weighted by molar-refractivity contribution is 7.99. The molecule has 2 N–H and O–H groups in total. The van der Waals surface area contributed by atoms with Crippen LogP contribution in [-0.2, 0) is 19.1 Å². The predicted octanol–water partition coefficient (Wildman–Crippen LogP) is 3.20. The number of hydrogen-bond donors (Lipinski definition) is 2. The number of amides is 2. The molecule has 0 aliphatic carbocycles. The number of benzene rings is 2. The number of rotatable bonds is 6. The minimum Gasteiger partial charge on any atom is -0.451 e. The first-order valence-corrected chi connectivity index (χ1v) is 9.90. The zero-order chi connectivity index (χ0) is 20.8. The van der Waals surface area contributed by atoms with Crippen molar-refractivity contribution in [1.82, 2.24) is 5.43 Å². The summed E-state index contributed by atoms with van der Waals surface area (Å²) in [4.78, 5) is 37.1. The standard InChI is InChI=1S/C21H21N3O4S/c1-13-3-4-14(2)18(11-13)29-16-7-5-15(6-8-16)22-20(26)12-28-21(27)17-9-10-19(25)24-23-17/h3-8,11H,9-10,12H2,1-2H3,(H,22,26)(H,24,25). The summed E-state index contributed by atoms with van der Waals surface area (Å²) in [5.41, 5.74) is 5.34. The van der Waals surface area contributed by atoms with E-state index in [9.17, 15) is 14.4 Å². The number of ether oxygens (including phenoxy) is 1. The predicted molar refractivity (Wildman–Crippen MR) is 111 cm³/mol. The molecule has 2 aromatic rings. The van der Waals surface area contributed by atoms with Gasteiger partial charge < -0.3 is 10.1 Å². The molecule has 2 aromatic carbocycles. The van der Waals surface area contributed by atoms with Crippen molar-refractivity contribution in [1.29, 1.82) is 0 Å². The summed E-state index contributed by atoms with van der Waals surface area (Å²) in [5.74, 6) is -1.41. The number of hydrazone groups is 1. The molecule has 0 unspecified atom stereocenters. The molecule has 0 radical (unpaired) electrons. The van der Waals surface area contributed by atoms with Gasteiger partial charge in [-0.15, -0.1) is 0 Å². The number of esters is 1. The molecule has 2 amide bonds. The van der Waals surface area contributed by atoms with Crippen molar-refractivity contribution in [3.63, 3.8) is 0 Å². The molecule has 3 rings (SSSR count). The summed E-state index contributed by atoms with van der Waals surface area (Å²) in [6.45, 7) is 3.71. The molecule has 0 bridgehead atoms. The highest BCUT2D eigenvalue weighted by Gasteiger charge is 2.20. The van der Waals surface area contributed by atoms with Gasteiger partial charge in [0.1, 0.15) is 5.71 Å². The maximum Gasteiger partial charge on any atom is 0.355 e. The van der Waals surface area contributed by atoms with Gasteiger partial charge in [-0.3, -0.25) is 9.59 Å². The Balaban J connectivity index is 1.50. The Morgan fingerprint density at radius 1 is 1.14 bits per heavy atom. The van der Waals surface area contributed by atoms with Gasteiger partial charge in [0.15, 0.2) is 6.61 Å². The second-order valence-electron chi connectivity index (χ2n) is 6.61. The fourth-order valence-corrected chi connectivity index (χ4v) is 3.58. The van der Waals surface area contributed by atoms with Gasteiger partial charge >= 0.3 is 5.97 Å². The zero-order valence-corrected chi connectivity index (χ0v) is 17.0. The Labute approximate surface area is 172 Å². The van der Waals surface area contributed by atoms with E-state index in [1.54, 1.807) is 23.9 Å². The maximum absolute atomic E-state index is 12.0. The van der Waals surface area contributed by atoms with Gasteiger partial charge in [0, 0.05) is 28.3 Å². The molecule has 1 aliphatic rings. The van der Waals surface area contributed by atoms with E-state index in [2.05, 4.69) is 47.9 Å². The van der Waals surface area contributed by atoms with Crippen LogP contribution in [0.1, 0.15) is 24.0 Å². The minimum absolute atomic E-state index is 0.102. The molecule has 1 heterocycles. The number of carbonyl (C=O) groups excluding carboxylic acids is 3. The average molecular weight is 411 g/mol. The van der Waals surface area contributed by atoms with Gasteiger partial charge in [-0.05, 0) is 55.3 Å². The van der Waals surface area contributed by atoms with E-state index in [0.717, 1.165) is 4.90 Å². The van der Waals surface area contributed by atoms with E-state index in [-0.39, 0.29) is 24.5 Å². The highest BCUT2D eigenvalue weighted by atomic mass is 32.2. The molecule has 0 saturated carbocycles. The van der Waals surface area contributed by atoms with E-state index in [0.29, 0.717) is 5.69 Å². The summed E-state index contributed by atoms with van der Waals surface area (Å²) in [6, 6.07) is 13.8. The summed E-state index contributed by atoms with van der Waals surface area (Å²) < 4.78 is 4.94. The average Bonchev–Trinajstić information content (AvgIpc) is 2.71. The van der Waals surface area contributed by atoms with Crippen molar-refractivity contribution in [3.05, 3.63) is 53.6 Å². The molecule has 0 saturated heterocycles. The molecular weight excluding hydrogens is 390 g/mol. The van der Waals surface area contributed by atoms with E-state index in [1.165, 1.54) is 16.0 Å². The first kappa shape index (κ1) is 20.6. The topological polar surface area (TPSA) is 96.9 Å². The summed E-state index contributed by atoms with van der Waals surface area (Å²) >= 11 is 1.66. The maximum atomic E-state index is 12.0. The van der Waals surface area contributed by atoms with Gasteiger partial charge in [0.05, 0.1) is 0 Å². The van der Waals surface area contributed by atoms with Crippen molar-refractivity contribution in [2.24, 2.45) is 5.10 Å². The van der Waals surface area contributed by atoms with E-state index in [4.69, 9.17) is 4.74 Å². The Kier molecular flexibility index (Phi) is 6.66. The normalized spacial score (nSPS) is 13.3. The third kappa shape index (κ3) is 5.92. The van der Waals surface area contributed by atoms with Crippen LogP contribution in [0.4, 0.5) is 5.69 Å². The number of aryl methyl sites for hydroxylation is 2. The molecule has 150 valence electrons. The van der Waals surface area contributed by atoms with Gasteiger partial charge in [-0.1, -0.05) is 23.9 Å². The SMILES string of the molecule is Cc1ccc(C)c(Sc2ccc(NC(=O)COC(=O)C3=NNC(=O)CC3)cc2)c1. The van der Waals surface area contributed by atoms with E-state index >= 15 is 0 Å². The molecular formula is C21H21N3O4S. The van der Waals surface area contributed by atoms with Crippen LogP contribution in [0.15, 0.2) is 57.4 Å². The Bertz CT molecular complexity index is 970. The smallest absolute Gasteiger partial charge is 0.355 e. The van der Waals surface area contributed by atoms with Crippen LogP contribution < -0.4 is 10.7 Å². The fraction of sp³-hybridized carbons (Fsp3) is 0.238. The Morgan fingerprint density at radius 2 is 1.90 bits per heavy atom. The molecule has 0 fully saturated rings. The van der Waals surface area contributed by atoms with Crippen molar-refractivity contribution >= 4 is 40.9 Å². The summed E-state index contributed by atoms with van der Waals surface area (Å²) in [6.07, 6.45) is 0.373. The van der Waals surface area contributed by atoms with Crippen LogP contribution in [0.5, 0.6) is 0 Å². The summed E-state index contributed by atoms with van der Waals surface area (Å²) in [7, 11) is 0. The largest absolute Gasteiger partial charge is 0.451 e. The molecule has 0 atom stereocenters. The quantitative estimate of drug-likeness (QED) is 0.712. The second kappa shape index (κ2) is 9.38. The highest BCUT2D eigenvalue weighted by Crippen LogP contribution is 2.31. The third-order valence-corrected chi connectivity index (χ3v) is 5.35. The van der Waals surface area contributed by atoms with Gasteiger partial charge in [0.25, 0.3) is 5.91 Å². The van der Waals surface area contributed by atoms with Gasteiger partial charge in [-0.2, -0.15) is 5.10 Å². The molecule has 0 aromatic heterocycles. The van der Waals surface area contributed by atoms with Gasteiger partial charge in [0.2, 0.25) is 5.91 Å². The number of nitrogens with zero attached hydrogens (tertiary/aromatic N) is 1. The lowest BCUT2D eigenvalue weighted by Crippen LogP contribution is -2.32. The number of anilines is 1. The molecule has 7 nitrogen and oxygen atoms in total. The Morgan fingerprint density at radius 3 is 2.59 bits per heavy atom. The second-order valence-corrected chi connectivity index (χ2v) is 7.73. The first-order valence-electron chi connectivity index (χ1n) is 9.08. The lowest BCUT2D eigenvalue weighted by molar-refractivity contribution is -0.140. The van der Waals surface area contributed by atoms with E-state index in [1.807, 2.05) is 12.1 Å². The molecule has 1 aliphatic heterocycles. The lowest BCUT2D eigenvalue weighted by Gasteiger charge is -2.11. The van der Waals surface area contributed by atoms with Crippen LogP contribution in [0.2, 0.25) is 0 Å². The zero-order valence-electron chi connectivity index (χ0n) is 16.2. The summed E-state index contributed by atoms with van der Waals surface area (Å²) in [5, 5.41) is 6.32. The van der Waals surface area contributed by atoms with E-state index < -0.39 is 18.5 Å². The Hall–Kier alpha value is -3.13. The number of nitrogens with one attached hydrogen (secondary N) is 2. The first-order chi connectivity index (χ1) is 13.9. The molecule has 29 heavy (non-hydrogen) atoms. The van der Waals surface area contributed by atoms with Crippen LogP contribution >= 0.6 is 11.8 Å². The number of hydrogen-bond acceptors (Lipinski definition) is 6. The monoisotopic (exact) mass is 411 g/mol. The van der Waals surface area contributed by atoms with Crippen LogP contribution in [0.25, 0.3) is 0 Å². The van der Waals surface area contributed by atoms with Gasteiger partial charge in [-0.25, -0.2) is 10.2 Å². The van der Waals surface area contributed by atoms with Crippen molar-refractivity contribution in [2.45, 2.75) is 36.5 Å². The van der Waals surface area contributed by atoms with Crippen molar-refractivity contribution < 1.29 is 19.1 Å². The van der Waals surface area contributed by atoms with Crippen molar-refractivity contribution in [3.8, 4) is 0 Å². The minimum atomic E-state index is -0.708. The van der Waals surface area contributed by atoms with Crippen LogP contribution in [-0.4, -0.2) is 30.1 Å². The lowest BCUT2D eigenvalue weighted by atomic mass is 10.2. The molecule has 8 heteroatoms. The van der Waals surface area contributed by atoms with Crippen LogP contribution in [0.3, 0.4) is 0 Å². The third-order valence-electron chi connectivity index (χ3n) is 4.18. The van der Waals surface area contributed by atoms with Crippen molar-refractivity contribution in [2.75, 3.05) is 11.9 Å². The number of carbonyl (C=O) groups is 3.